The summed E-state index contributed by atoms with van der Waals surface area (Å²) in [6.45, 7) is 3.65. The van der Waals surface area contributed by atoms with Crippen LogP contribution in [0.15, 0.2) is 226 Å². The second kappa shape index (κ2) is 52.4. The van der Waals surface area contributed by atoms with Gasteiger partial charge in [0.1, 0.15) is 89.1 Å². The van der Waals surface area contributed by atoms with Gasteiger partial charge in [0.25, 0.3) is 27.5 Å². The number of nitrogens with one attached hydrogen (secondary N) is 6. The number of furan rings is 2. The number of amides is 11. The number of carbonyl (C=O) groups excluding carboxylic acids is 8. The first-order valence-corrected chi connectivity index (χ1v) is 42.2. The highest BCUT2D eigenvalue weighted by Gasteiger charge is 2.29. The molecule has 1 atom stereocenters. The molecule has 672 valence electrons. The second-order valence-electron chi connectivity index (χ2n) is 26.6. The standard InChI is InChI=1S/C23H28ClN3O5S.C19H14ClFN2O3S.C14H10N4O5.C10H6ClN3.C10H6N2O.C8H6N4O5.C3H5P/c1-32-21-12-9-17(24)15-20(21)22(28)25-14-13-16-7-10-19(11-8-16)33(30,31)27-23(29)26-18-5-3-2-4-6-18;1-11(24)22-19-23-18(25)17(27-19)9-12-5-6-16(15(20)8-12)26-10-13-3-2-4-14(21)7-13;19-13-8-17(14(20)16-13)15-7-11-5-6-12(23-11)9-1-3-10(4-2-9)18(21)22;11-9-3-1-2-8(4-9)7-14-10(5-12)6-13;11-6-9(7-12)5-8-1-3-10(13)4-2-8;13-6-4-11(8(14)10-6)9-3-5-1-2-7(17-5)12(15)16;1-2-3-4/h7-12,15,18H,2-6,13-14H2,1H3,(H,25,28)(H2,26,27,29);2-9H,10H2,1H3,(H,22,23,24,25);1-7H,8H2,(H,16,19,20);1-4H,7H2;1-5,13H;1-3H,4H2,(H,10,13,14);4H2,1H3/b;17-9+;15-7+;;;9-3+;. The lowest BCUT2D eigenvalue weighted by Gasteiger charge is -2.22. The minimum atomic E-state index is -3.97. The Morgan fingerprint density at radius 2 is 1.33 bits per heavy atom. The van der Waals surface area contributed by atoms with E-state index in [9.17, 15) is 71.4 Å². The van der Waals surface area contributed by atoms with Gasteiger partial charge in [-0.1, -0.05) is 124 Å². The SMILES string of the molecule is CC#CP.CC(=O)NC1=NC(=O)/C(=C\c2ccc(OCc3cccc(F)c3)c(Cl)c2)S1.COc1ccc(Cl)cc1C(=O)NCCc1ccc(S(=O)(=O)NC(=O)NC2CCCCC2)cc1.N#CC(C#N)=Cc1ccc(O)cc1.N#CC(C#N)=NCc1cccc(Cl)c1.O=C1CN(/N=C/c2ccc(-c3ccc([N+](=O)[O-])cc3)o2)C(=O)N1.O=C1CN(/N=C/c2ccc([N+](=O)[O-])o2)C(=O)N1. The molecule has 131 heavy (non-hydrogen) atoms. The van der Waals surface area contributed by atoms with Crippen molar-refractivity contribution in [2.24, 2.45) is 20.2 Å². The Balaban J connectivity index is 0.000000219. The monoisotopic (exact) mass is 1890 g/mol. The van der Waals surface area contributed by atoms with E-state index in [1.807, 2.05) is 11.4 Å². The van der Waals surface area contributed by atoms with Crippen molar-refractivity contribution in [3.05, 3.63) is 278 Å². The molecule has 5 heterocycles. The van der Waals surface area contributed by atoms with Crippen LogP contribution in [-0.2, 0) is 48.8 Å². The number of halogens is 4. The number of non-ortho nitro benzene ring substituents is 1. The molecule has 7 N–H and O–H groups in total. The predicted molar refractivity (Wildman–Crippen MR) is 486 cm³/mol. The molecule has 7 aromatic carbocycles. The number of carbonyl (C=O) groups is 8. The summed E-state index contributed by atoms with van der Waals surface area (Å²) in [6.07, 6.45) is 10.9. The third-order valence-electron chi connectivity index (χ3n) is 17.0. The number of nitrogens with zero attached hydrogens (tertiary/aromatic N) is 12. The number of imide groups is 2. The number of allylic oxidation sites excluding steroid dienone is 1. The van der Waals surface area contributed by atoms with Crippen molar-refractivity contribution in [3.63, 3.8) is 0 Å². The third kappa shape index (κ3) is 35.2. The van der Waals surface area contributed by atoms with Crippen molar-refractivity contribution in [2.75, 3.05) is 26.7 Å². The molecule has 0 bridgehead atoms. The number of phenolic OH excluding ortho intramolecular Hbond substituents is 1. The van der Waals surface area contributed by atoms with Crippen molar-refractivity contribution in [2.45, 2.75) is 76.5 Å². The summed E-state index contributed by atoms with van der Waals surface area (Å²) in [6, 6.07) is 52.2. The van der Waals surface area contributed by atoms with Gasteiger partial charge in [-0.15, -0.1) is 5.92 Å². The Morgan fingerprint density at radius 1 is 0.725 bits per heavy atom. The van der Waals surface area contributed by atoms with Gasteiger partial charge in [0.2, 0.25) is 23.4 Å². The summed E-state index contributed by atoms with van der Waals surface area (Å²) in [4.78, 5) is 119. The Labute approximate surface area is 768 Å². The first kappa shape index (κ1) is 102. The molecule has 2 aromatic heterocycles. The van der Waals surface area contributed by atoms with Crippen molar-refractivity contribution >= 4 is 160 Å². The first-order valence-electron chi connectivity index (χ1n) is 38.1. The van der Waals surface area contributed by atoms with Crippen LogP contribution in [0.5, 0.6) is 17.2 Å². The van der Waals surface area contributed by atoms with E-state index in [-0.39, 0.29) is 81.9 Å². The van der Waals surface area contributed by atoms with Crippen molar-refractivity contribution < 1.29 is 84.4 Å². The number of hydrazone groups is 2. The fourth-order valence-corrected chi connectivity index (χ4v) is 13.3. The molecule has 9 aromatic rings. The zero-order chi connectivity index (χ0) is 95.5. The zero-order valence-electron chi connectivity index (χ0n) is 69.1. The molecule has 0 spiro atoms. The molecule has 3 aliphatic heterocycles. The number of benzene rings is 7. The van der Waals surface area contributed by atoms with Gasteiger partial charge in [-0.05, 0) is 187 Å². The topological polar surface area (TPSA) is 545 Å². The fraction of sp³-hybridized carbons (Fsp3) is 0.172. The Morgan fingerprint density at radius 3 is 1.89 bits per heavy atom. The summed E-state index contributed by atoms with van der Waals surface area (Å²) in [5.41, 5.74) is 7.33. The van der Waals surface area contributed by atoms with E-state index in [4.69, 9.17) is 79.3 Å². The number of hydrogen-bond acceptors (Lipinski definition) is 27. The van der Waals surface area contributed by atoms with E-state index in [0.717, 1.165) is 82.9 Å². The van der Waals surface area contributed by atoms with Crippen LogP contribution in [0.4, 0.5) is 30.3 Å². The number of ether oxygens (including phenoxy) is 2. The molecule has 2 saturated heterocycles. The van der Waals surface area contributed by atoms with Crippen LogP contribution in [0.2, 0.25) is 15.1 Å². The highest BCUT2D eigenvalue weighted by molar-refractivity contribution is 8.18. The highest BCUT2D eigenvalue weighted by Crippen LogP contribution is 2.33. The number of rotatable bonds is 22. The Bertz CT molecular complexity index is 6230. The molecule has 37 nitrogen and oxygen atoms in total. The number of sulfonamides is 1. The van der Waals surface area contributed by atoms with Gasteiger partial charge >= 0.3 is 24.0 Å². The number of aromatic hydroxyl groups is 1. The average molecular weight is 1900 g/mol. The van der Waals surface area contributed by atoms with Gasteiger partial charge in [0.15, 0.2) is 10.9 Å². The van der Waals surface area contributed by atoms with Gasteiger partial charge < -0.3 is 39.4 Å². The normalized spacial score (nSPS) is 13.1. The fourth-order valence-electron chi connectivity index (χ4n) is 10.9. The van der Waals surface area contributed by atoms with E-state index in [1.54, 1.807) is 146 Å². The molecular weight excluding hydrogens is 1820 g/mol. The first-order chi connectivity index (χ1) is 62.7. The quantitative estimate of drug-likeness (QED) is 0.00484. The van der Waals surface area contributed by atoms with Crippen LogP contribution in [-0.4, -0.2) is 137 Å². The van der Waals surface area contributed by atoms with Gasteiger partial charge in [-0.2, -0.15) is 36.2 Å². The number of hydrogen-bond donors (Lipinski definition) is 7. The minimum Gasteiger partial charge on any atom is -0.508 e. The molecule has 4 aliphatic rings. The molecule has 0 radical (unpaired) electrons. The maximum atomic E-state index is 13.2. The molecule has 11 amide bonds. The molecule has 44 heteroatoms. The summed E-state index contributed by atoms with van der Waals surface area (Å²) >= 11 is 19.0. The highest BCUT2D eigenvalue weighted by atomic mass is 35.5. The Hall–Kier alpha value is -15.7. The maximum Gasteiger partial charge on any atom is 0.433 e. The lowest BCUT2D eigenvalue weighted by molar-refractivity contribution is -0.402. The van der Waals surface area contributed by atoms with Crippen LogP contribution >= 0.6 is 55.8 Å². The van der Waals surface area contributed by atoms with E-state index >= 15 is 0 Å². The number of phenols is 1. The van der Waals surface area contributed by atoms with Crippen LogP contribution in [0.25, 0.3) is 23.5 Å². The lowest BCUT2D eigenvalue weighted by Crippen LogP contribution is -2.45. The van der Waals surface area contributed by atoms with Crippen molar-refractivity contribution in [3.8, 4) is 64.4 Å². The van der Waals surface area contributed by atoms with Gasteiger partial charge in [-0.3, -0.25) is 59.8 Å². The predicted octanol–water partition coefficient (Wildman–Crippen LogP) is 14.6. The Kier molecular flexibility index (Phi) is 40.9. The number of amidine groups is 1. The number of methoxy groups -OCH3 is 1. The van der Waals surface area contributed by atoms with E-state index in [0.29, 0.717) is 84.8 Å². The number of aliphatic imine (C=N–C) groups is 2. The van der Waals surface area contributed by atoms with E-state index in [2.05, 4.69) is 67.0 Å². The maximum absolute atomic E-state index is 13.2. The van der Waals surface area contributed by atoms with Gasteiger partial charge in [0.05, 0.1) is 57.5 Å². The minimum absolute atomic E-state index is 0.00209. The number of urea groups is 3. The van der Waals surface area contributed by atoms with Gasteiger partial charge in [-0.25, -0.2) is 41.9 Å². The lowest BCUT2D eigenvalue weighted by atomic mass is 9.96. The third-order valence-corrected chi connectivity index (χ3v) is 20.3. The molecule has 1 saturated carbocycles. The molecule has 3 fully saturated rings. The van der Waals surface area contributed by atoms with Crippen LogP contribution in [0.1, 0.15) is 95.6 Å². The van der Waals surface area contributed by atoms with Crippen LogP contribution < -0.4 is 40.8 Å². The van der Waals surface area contributed by atoms with Crippen LogP contribution in [0.3, 0.4) is 0 Å². The summed E-state index contributed by atoms with van der Waals surface area (Å²) in [5, 5.41) is 86.8. The molecule has 13 rings (SSSR count). The van der Waals surface area contributed by atoms with Crippen molar-refractivity contribution in [1.82, 2.24) is 41.3 Å². The number of nitriles is 4. The van der Waals surface area contributed by atoms with Crippen molar-refractivity contribution in [1.29, 1.82) is 21.0 Å². The van der Waals surface area contributed by atoms with Gasteiger partial charge in [0, 0.05) is 47.3 Å². The smallest absolute Gasteiger partial charge is 0.433 e. The van der Waals surface area contributed by atoms with Crippen LogP contribution in [0, 0.1) is 83.0 Å². The largest absolute Gasteiger partial charge is 0.508 e. The number of nitro benzene ring substituents is 1. The second-order valence-corrected chi connectivity index (χ2v) is 30.8. The number of thioether (sulfide) groups is 1. The summed E-state index contributed by atoms with van der Waals surface area (Å²) in [7, 11) is -0.197. The van der Waals surface area contributed by atoms with E-state index < -0.39 is 61.6 Å². The average Bonchev–Trinajstić information content (AvgIpc) is 1.49. The van der Waals surface area contributed by atoms with E-state index in [1.165, 1.54) is 87.0 Å². The number of nitro groups is 2. The molecule has 1 unspecified atom stereocenters. The summed E-state index contributed by atoms with van der Waals surface area (Å²) in [5.74, 6) is 2.00. The molecular formula is C87H75Cl3FN18O19PS2. The zero-order valence-corrected chi connectivity index (χ0v) is 74.1. The molecule has 1 aliphatic carbocycles. The summed E-state index contributed by atoms with van der Waals surface area (Å²) < 4.78 is 61.4.